The van der Waals surface area contributed by atoms with Crippen molar-refractivity contribution >= 4 is 13.6 Å². The summed E-state index contributed by atoms with van der Waals surface area (Å²) < 4.78 is 39.0. The molecular weight excluding hydrogens is 163 g/mol. The molecule has 0 aromatic carbocycles. The summed E-state index contributed by atoms with van der Waals surface area (Å²) in [5.41, 5.74) is 1.09. The van der Waals surface area contributed by atoms with Crippen LogP contribution in [0.1, 0.15) is 6.92 Å². The zero-order chi connectivity index (χ0) is 8.91. The summed E-state index contributed by atoms with van der Waals surface area (Å²) >= 11 is 0. The van der Waals surface area contributed by atoms with Crippen LogP contribution in [0.25, 0.3) is 0 Å². The average Bonchev–Trinajstić information content (AvgIpc) is 2.12. The predicted molar refractivity (Wildman–Crippen MR) is 34.4 cm³/mol. The van der Waals surface area contributed by atoms with Crippen LogP contribution >= 0.6 is 0 Å². The largest absolute Gasteiger partial charge is 0.673 e. The van der Waals surface area contributed by atoms with E-state index in [9.17, 15) is 17.3 Å². The van der Waals surface area contributed by atoms with Gasteiger partial charge in [0.1, 0.15) is 6.20 Å². The van der Waals surface area contributed by atoms with Crippen molar-refractivity contribution in [3.63, 3.8) is 0 Å². The summed E-state index contributed by atoms with van der Waals surface area (Å²) in [6.07, 6.45) is 3.76. The Bertz CT molecular complexity index is 165. The Morgan fingerprint density at radius 3 is 1.91 bits per heavy atom. The quantitative estimate of drug-likeness (QED) is 0.410. The molecule has 1 heterocycles. The molecule has 0 aromatic heterocycles. The number of quaternary nitrogens is 1. The zero-order valence-electron chi connectivity index (χ0n) is 5.77. The normalized spacial score (nSPS) is 15.5. The number of halogens is 4. The number of rotatable bonds is 0. The number of nitrogens with two attached hydrogens (primary N) is 1. The highest BCUT2D eigenvalue weighted by Gasteiger charge is 2.20. The van der Waals surface area contributed by atoms with E-state index in [1.54, 1.807) is 6.34 Å². The van der Waals surface area contributed by atoms with Gasteiger partial charge >= 0.3 is 7.25 Å². The van der Waals surface area contributed by atoms with Crippen LogP contribution in [0, 0.1) is 0 Å². The molecule has 0 spiro atoms. The molecular formula is C4H7BF4N2. The number of nitrogens with zero attached hydrogens (tertiary/aromatic N) is 1. The molecule has 0 aromatic rings. The monoisotopic (exact) mass is 170 g/mol. The second-order valence-corrected chi connectivity index (χ2v) is 1.77. The second kappa shape index (κ2) is 4.12. The first-order chi connectivity index (χ1) is 4.89. The molecule has 1 aliphatic heterocycles. The Hall–Kier alpha value is -0.845. The van der Waals surface area contributed by atoms with Crippen LogP contribution in [-0.2, 0) is 0 Å². The minimum Gasteiger partial charge on any atom is -0.418 e. The molecule has 0 bridgehead atoms. The van der Waals surface area contributed by atoms with E-state index in [0.29, 0.717) is 0 Å². The molecule has 0 atom stereocenters. The maximum Gasteiger partial charge on any atom is 0.673 e. The second-order valence-electron chi connectivity index (χ2n) is 1.77. The van der Waals surface area contributed by atoms with E-state index < -0.39 is 7.25 Å². The molecule has 0 saturated heterocycles. The lowest BCUT2D eigenvalue weighted by molar-refractivity contribution is -0.447. The van der Waals surface area contributed by atoms with Gasteiger partial charge in [-0.15, -0.1) is 0 Å². The van der Waals surface area contributed by atoms with Crippen molar-refractivity contribution in [2.24, 2.45) is 4.99 Å². The van der Waals surface area contributed by atoms with Crippen LogP contribution in [0.4, 0.5) is 17.3 Å². The molecule has 1 rings (SSSR count). The van der Waals surface area contributed by atoms with Gasteiger partial charge < -0.3 is 17.3 Å². The van der Waals surface area contributed by atoms with Crippen molar-refractivity contribution in [2.75, 3.05) is 0 Å². The molecule has 0 fully saturated rings. The topological polar surface area (TPSA) is 29.0 Å². The summed E-state index contributed by atoms with van der Waals surface area (Å²) in [6, 6.07) is 0. The van der Waals surface area contributed by atoms with Crippen molar-refractivity contribution in [2.45, 2.75) is 6.92 Å². The summed E-state index contributed by atoms with van der Waals surface area (Å²) in [6.45, 7) is 1.97. The summed E-state index contributed by atoms with van der Waals surface area (Å²) in [4.78, 5) is 3.92. The van der Waals surface area contributed by atoms with Gasteiger partial charge in [-0.3, -0.25) is 5.32 Å². The highest BCUT2D eigenvalue weighted by Crippen LogP contribution is 2.06. The fourth-order valence-corrected chi connectivity index (χ4v) is 0.386. The smallest absolute Gasteiger partial charge is 0.418 e. The van der Waals surface area contributed by atoms with Crippen molar-refractivity contribution in [1.82, 2.24) is 0 Å². The van der Waals surface area contributed by atoms with Crippen LogP contribution in [0.3, 0.4) is 0 Å². The third-order valence-electron chi connectivity index (χ3n) is 0.702. The van der Waals surface area contributed by atoms with Gasteiger partial charge in [0.05, 0.1) is 5.70 Å². The van der Waals surface area contributed by atoms with Crippen molar-refractivity contribution < 1.29 is 22.6 Å². The predicted octanol–water partition coefficient (Wildman–Crippen LogP) is 0.753. The lowest BCUT2D eigenvalue weighted by Crippen LogP contribution is -2.74. The number of hydrogen-bond donors (Lipinski definition) is 1. The number of allylic oxidation sites excluding steroid dienone is 1. The Kier molecular flexibility index (Phi) is 3.80. The molecule has 0 aliphatic carbocycles. The van der Waals surface area contributed by atoms with Crippen LogP contribution < -0.4 is 5.32 Å². The van der Waals surface area contributed by atoms with Crippen LogP contribution in [0.2, 0.25) is 0 Å². The first-order valence-electron chi connectivity index (χ1n) is 2.81. The van der Waals surface area contributed by atoms with Crippen LogP contribution in [0.5, 0.6) is 0 Å². The molecule has 0 unspecified atom stereocenters. The summed E-state index contributed by atoms with van der Waals surface area (Å²) in [5.74, 6) is 0. The molecule has 1 aliphatic rings. The Morgan fingerprint density at radius 1 is 1.36 bits per heavy atom. The number of aliphatic imine (C=N–C) groups is 1. The van der Waals surface area contributed by atoms with Gasteiger partial charge in [0.25, 0.3) is 0 Å². The Balaban J connectivity index is 0.000000187. The lowest BCUT2D eigenvalue weighted by Gasteiger charge is -1.94. The van der Waals surface area contributed by atoms with Gasteiger partial charge in [0.15, 0.2) is 6.34 Å². The third kappa shape index (κ3) is 12.4. The van der Waals surface area contributed by atoms with Gasteiger partial charge in [0, 0.05) is 0 Å². The average molecular weight is 170 g/mol. The minimum absolute atomic E-state index is 1.09. The molecule has 2 nitrogen and oxygen atoms in total. The first-order valence-corrected chi connectivity index (χ1v) is 2.81. The molecule has 0 radical (unpaired) electrons. The minimum atomic E-state index is -6.00. The molecule has 0 amide bonds. The Morgan fingerprint density at radius 2 is 1.82 bits per heavy atom. The molecule has 0 saturated carbocycles. The van der Waals surface area contributed by atoms with E-state index in [1.165, 1.54) is 0 Å². The van der Waals surface area contributed by atoms with E-state index >= 15 is 0 Å². The van der Waals surface area contributed by atoms with Gasteiger partial charge in [-0.25, -0.2) is 4.99 Å². The maximum atomic E-state index is 9.75. The lowest BCUT2D eigenvalue weighted by atomic mass is 10.3. The van der Waals surface area contributed by atoms with Gasteiger partial charge in [0.2, 0.25) is 0 Å². The molecule has 2 N–H and O–H groups in total. The van der Waals surface area contributed by atoms with Gasteiger partial charge in [-0.05, 0) is 6.92 Å². The van der Waals surface area contributed by atoms with Gasteiger partial charge in [-0.1, -0.05) is 0 Å². The van der Waals surface area contributed by atoms with Crippen molar-refractivity contribution in [3.8, 4) is 0 Å². The van der Waals surface area contributed by atoms with Crippen molar-refractivity contribution in [1.29, 1.82) is 0 Å². The first kappa shape index (κ1) is 10.2. The molecule has 11 heavy (non-hydrogen) atoms. The summed E-state index contributed by atoms with van der Waals surface area (Å²) in [7, 11) is -6.00. The molecule has 7 heteroatoms. The fraction of sp³-hybridized carbons (Fsp3) is 0.250. The Labute approximate surface area is 61.1 Å². The van der Waals surface area contributed by atoms with E-state index in [1.807, 2.05) is 18.4 Å². The SMILES string of the molecule is CC1=C[NH2+]C=N1.F[B-](F)(F)F. The molecule has 64 valence electrons. The van der Waals surface area contributed by atoms with Crippen LogP contribution in [-0.4, -0.2) is 13.6 Å². The highest BCUT2D eigenvalue weighted by molar-refractivity contribution is 6.50. The van der Waals surface area contributed by atoms with E-state index in [2.05, 4.69) is 4.99 Å². The zero-order valence-corrected chi connectivity index (χ0v) is 5.77. The maximum absolute atomic E-state index is 9.75. The van der Waals surface area contributed by atoms with Gasteiger partial charge in [-0.2, -0.15) is 0 Å². The summed E-state index contributed by atoms with van der Waals surface area (Å²) in [5, 5.41) is 1.93. The van der Waals surface area contributed by atoms with E-state index in [-0.39, 0.29) is 0 Å². The van der Waals surface area contributed by atoms with E-state index in [0.717, 1.165) is 5.70 Å². The highest BCUT2D eigenvalue weighted by atomic mass is 19.5. The standard InChI is InChI=1S/C4H6N2.BF4/c1-4-2-5-3-6-4;2-1(3,4)5/h2-3H,1H3,(H,5,6);/q;-1/p+1. The fourth-order valence-electron chi connectivity index (χ4n) is 0.386. The van der Waals surface area contributed by atoms with Crippen molar-refractivity contribution in [3.05, 3.63) is 11.9 Å². The van der Waals surface area contributed by atoms with Crippen LogP contribution in [0.15, 0.2) is 16.9 Å². The van der Waals surface area contributed by atoms with E-state index in [4.69, 9.17) is 0 Å². The number of hydrogen-bond acceptors (Lipinski definition) is 1. The third-order valence-corrected chi connectivity index (χ3v) is 0.702.